The Balaban J connectivity index is 2.24. The molecule has 3 nitrogen and oxygen atoms in total. The molecule has 0 radical (unpaired) electrons. The van der Waals surface area contributed by atoms with Crippen LogP contribution in [0, 0.1) is 0 Å². The Morgan fingerprint density at radius 2 is 1.83 bits per heavy atom. The van der Waals surface area contributed by atoms with Crippen molar-refractivity contribution >= 4 is 13.3 Å². The highest BCUT2D eigenvalue weighted by atomic mass is 28.3. The van der Waals surface area contributed by atoms with Gasteiger partial charge in [0, 0.05) is 6.42 Å². The van der Waals surface area contributed by atoms with Gasteiger partial charge in [-0.2, -0.15) is 0 Å². The number of aliphatic hydroxyl groups excluding tert-OH is 2. The summed E-state index contributed by atoms with van der Waals surface area (Å²) in [5.74, 6) is 0. The SMILES string of the molecule is C[C@@H](O)C[C@@H](O)[C@]1([Si](C)(C)c2ccccc2)CO1. The predicted octanol–water partition coefficient (Wildman–Crippen LogP) is 1.04. The van der Waals surface area contributed by atoms with E-state index in [1.54, 1.807) is 6.92 Å². The third kappa shape index (κ3) is 2.25. The van der Waals surface area contributed by atoms with Crippen LogP contribution in [0.15, 0.2) is 30.3 Å². The zero-order chi connectivity index (χ0) is 13.4. The Morgan fingerprint density at radius 3 is 2.28 bits per heavy atom. The highest BCUT2D eigenvalue weighted by Crippen LogP contribution is 2.41. The molecule has 0 spiro atoms. The van der Waals surface area contributed by atoms with E-state index in [0.29, 0.717) is 13.0 Å². The second-order valence-electron chi connectivity index (χ2n) is 5.77. The number of hydrogen-bond donors (Lipinski definition) is 2. The molecular formula is C14H22O3Si. The smallest absolute Gasteiger partial charge is 0.123 e. The van der Waals surface area contributed by atoms with E-state index in [4.69, 9.17) is 4.74 Å². The zero-order valence-electron chi connectivity index (χ0n) is 11.3. The highest BCUT2D eigenvalue weighted by Gasteiger charge is 2.62. The molecule has 0 unspecified atom stereocenters. The summed E-state index contributed by atoms with van der Waals surface area (Å²) in [6, 6.07) is 10.3. The minimum Gasteiger partial charge on any atom is -0.393 e. The van der Waals surface area contributed by atoms with Crippen molar-refractivity contribution in [2.24, 2.45) is 0 Å². The summed E-state index contributed by atoms with van der Waals surface area (Å²) in [5, 5.41) is 20.7. The molecule has 4 heteroatoms. The summed E-state index contributed by atoms with van der Waals surface area (Å²) in [6.45, 7) is 6.76. The van der Waals surface area contributed by atoms with Crippen LogP contribution < -0.4 is 5.19 Å². The normalized spacial score (nSPS) is 26.7. The van der Waals surface area contributed by atoms with Crippen molar-refractivity contribution in [2.75, 3.05) is 6.61 Å². The van der Waals surface area contributed by atoms with Gasteiger partial charge in [-0.1, -0.05) is 48.6 Å². The number of hydrogen-bond acceptors (Lipinski definition) is 3. The summed E-state index contributed by atoms with van der Waals surface area (Å²) >= 11 is 0. The van der Waals surface area contributed by atoms with E-state index < -0.39 is 25.5 Å². The fraction of sp³-hybridized carbons (Fsp3) is 0.571. The fourth-order valence-corrected chi connectivity index (χ4v) is 5.92. The lowest BCUT2D eigenvalue weighted by atomic mass is 10.1. The summed E-state index contributed by atoms with van der Waals surface area (Å²) in [7, 11) is -1.91. The molecule has 0 bridgehead atoms. The lowest BCUT2D eigenvalue weighted by Gasteiger charge is -2.34. The minimum atomic E-state index is -1.91. The molecule has 100 valence electrons. The maximum atomic E-state index is 10.4. The van der Waals surface area contributed by atoms with Gasteiger partial charge in [0.2, 0.25) is 0 Å². The molecule has 0 amide bonds. The van der Waals surface area contributed by atoms with Gasteiger partial charge < -0.3 is 14.9 Å². The third-order valence-corrected chi connectivity index (χ3v) is 8.63. The van der Waals surface area contributed by atoms with E-state index in [9.17, 15) is 10.2 Å². The molecule has 1 fully saturated rings. The standard InChI is InChI=1S/C14H22O3Si/c1-11(15)9-13(16)14(10-17-14)18(2,3)12-7-5-4-6-8-12/h4-8,11,13,15-16H,9-10H2,1-3H3/t11-,13-,14-/m1/s1. The molecule has 1 heterocycles. The first kappa shape index (κ1) is 13.7. The first-order chi connectivity index (χ1) is 8.40. The van der Waals surface area contributed by atoms with Crippen molar-refractivity contribution in [2.45, 2.75) is 43.9 Å². The molecule has 0 saturated carbocycles. The molecular weight excluding hydrogens is 244 g/mol. The maximum Gasteiger partial charge on any atom is 0.123 e. The van der Waals surface area contributed by atoms with E-state index >= 15 is 0 Å². The lowest BCUT2D eigenvalue weighted by Crippen LogP contribution is -2.61. The predicted molar refractivity (Wildman–Crippen MR) is 74.5 cm³/mol. The number of rotatable bonds is 5. The van der Waals surface area contributed by atoms with Gasteiger partial charge in [0.1, 0.15) is 13.3 Å². The van der Waals surface area contributed by atoms with Crippen LogP contribution >= 0.6 is 0 Å². The number of benzene rings is 1. The fourth-order valence-electron chi connectivity index (χ4n) is 2.66. The maximum absolute atomic E-state index is 10.4. The number of epoxide rings is 1. The van der Waals surface area contributed by atoms with Crippen LogP contribution in [0.5, 0.6) is 0 Å². The van der Waals surface area contributed by atoms with Crippen LogP contribution in [-0.2, 0) is 4.74 Å². The molecule has 0 aliphatic carbocycles. The first-order valence-corrected chi connectivity index (χ1v) is 9.46. The Labute approximate surface area is 109 Å². The van der Waals surface area contributed by atoms with Crippen LogP contribution in [0.25, 0.3) is 0 Å². The molecule has 18 heavy (non-hydrogen) atoms. The monoisotopic (exact) mass is 266 g/mol. The van der Waals surface area contributed by atoms with Crippen LogP contribution in [0.3, 0.4) is 0 Å². The molecule has 1 aromatic carbocycles. The molecule has 1 aliphatic rings. The molecule has 3 atom stereocenters. The largest absolute Gasteiger partial charge is 0.393 e. The zero-order valence-corrected chi connectivity index (χ0v) is 12.3. The van der Waals surface area contributed by atoms with Gasteiger partial charge in [-0.3, -0.25) is 0 Å². The van der Waals surface area contributed by atoms with Crippen LogP contribution in [0.4, 0.5) is 0 Å². The van der Waals surface area contributed by atoms with Crippen molar-refractivity contribution in [3.8, 4) is 0 Å². The molecule has 0 aromatic heterocycles. The van der Waals surface area contributed by atoms with Crippen molar-refractivity contribution in [1.29, 1.82) is 0 Å². The molecule has 1 saturated heterocycles. The minimum absolute atomic E-state index is 0.378. The Bertz CT molecular complexity index is 399. The van der Waals surface area contributed by atoms with Crippen LogP contribution in [0.2, 0.25) is 13.1 Å². The topological polar surface area (TPSA) is 53.0 Å². The van der Waals surface area contributed by atoms with Gasteiger partial charge in [-0.25, -0.2) is 0 Å². The average molecular weight is 266 g/mol. The van der Waals surface area contributed by atoms with Crippen LogP contribution in [0.1, 0.15) is 13.3 Å². The van der Waals surface area contributed by atoms with Gasteiger partial charge in [0.25, 0.3) is 0 Å². The second-order valence-corrected chi connectivity index (χ2v) is 10.4. The van der Waals surface area contributed by atoms with Gasteiger partial charge in [0.05, 0.1) is 18.8 Å². The molecule has 1 aromatic rings. The van der Waals surface area contributed by atoms with Gasteiger partial charge in [-0.15, -0.1) is 0 Å². The van der Waals surface area contributed by atoms with Crippen molar-refractivity contribution in [3.63, 3.8) is 0 Å². The highest BCUT2D eigenvalue weighted by molar-refractivity contribution is 6.92. The van der Waals surface area contributed by atoms with E-state index in [-0.39, 0.29) is 0 Å². The molecule has 2 N–H and O–H groups in total. The van der Waals surface area contributed by atoms with Crippen molar-refractivity contribution < 1.29 is 14.9 Å². The molecule has 2 rings (SSSR count). The second kappa shape index (κ2) is 4.77. The number of aliphatic hydroxyl groups is 2. The Kier molecular flexibility index (Phi) is 3.64. The summed E-state index contributed by atoms with van der Waals surface area (Å²) in [6.07, 6.45) is -0.704. The van der Waals surface area contributed by atoms with E-state index in [1.807, 2.05) is 18.2 Å². The quantitative estimate of drug-likeness (QED) is 0.618. The Morgan fingerprint density at radius 1 is 1.28 bits per heavy atom. The van der Waals surface area contributed by atoms with Gasteiger partial charge in [0.15, 0.2) is 0 Å². The van der Waals surface area contributed by atoms with E-state index in [0.717, 1.165) is 0 Å². The van der Waals surface area contributed by atoms with E-state index in [1.165, 1.54) is 5.19 Å². The van der Waals surface area contributed by atoms with Gasteiger partial charge >= 0.3 is 0 Å². The average Bonchev–Trinajstić information content (AvgIpc) is 3.10. The Hall–Kier alpha value is -0.683. The number of ether oxygens (including phenoxy) is 1. The van der Waals surface area contributed by atoms with Crippen molar-refractivity contribution in [3.05, 3.63) is 30.3 Å². The third-order valence-electron chi connectivity index (χ3n) is 4.11. The first-order valence-electron chi connectivity index (χ1n) is 6.46. The summed E-state index contributed by atoms with van der Waals surface area (Å²) in [4.78, 5) is 0. The van der Waals surface area contributed by atoms with Gasteiger partial charge in [-0.05, 0) is 6.92 Å². The molecule has 1 aliphatic heterocycles. The summed E-state index contributed by atoms with van der Waals surface area (Å²) < 4.78 is 5.68. The van der Waals surface area contributed by atoms with Crippen LogP contribution in [-0.4, -0.2) is 42.3 Å². The van der Waals surface area contributed by atoms with E-state index in [2.05, 4.69) is 25.2 Å². The lowest BCUT2D eigenvalue weighted by molar-refractivity contribution is 0.0555. The summed E-state index contributed by atoms with van der Waals surface area (Å²) in [5.41, 5.74) is 0. The van der Waals surface area contributed by atoms with Crippen molar-refractivity contribution in [1.82, 2.24) is 0 Å².